The van der Waals surface area contributed by atoms with Gasteiger partial charge in [-0.05, 0) is 0 Å². The second kappa shape index (κ2) is 6.82. The first-order valence-corrected chi connectivity index (χ1v) is 4.18. The van der Waals surface area contributed by atoms with Crippen LogP contribution in [-0.4, -0.2) is 47.2 Å². The van der Waals surface area contributed by atoms with Crippen molar-refractivity contribution in [2.24, 2.45) is 0 Å². The monoisotopic (exact) mass is 192 g/mol. The van der Waals surface area contributed by atoms with Crippen molar-refractivity contribution in [3.8, 4) is 0 Å². The molecule has 5 heteroatoms. The molecule has 0 atom stereocenters. The molecule has 0 spiro atoms. The number of ether oxygens (including phenoxy) is 1. The Hall–Kier alpha value is -0.650. The minimum Gasteiger partial charge on any atom is -0.461 e. The van der Waals surface area contributed by atoms with Gasteiger partial charge >= 0.3 is 0 Å². The fourth-order valence-electron chi connectivity index (χ4n) is 1.27. The summed E-state index contributed by atoms with van der Waals surface area (Å²) in [5, 5.41) is 26.2. The lowest BCUT2D eigenvalue weighted by atomic mass is 9.92. The van der Waals surface area contributed by atoms with Crippen LogP contribution >= 0.6 is 0 Å². The summed E-state index contributed by atoms with van der Waals surface area (Å²) in [6.45, 7) is -0.156. The van der Waals surface area contributed by atoms with Crippen LogP contribution in [0.25, 0.3) is 0 Å². The SMILES string of the molecule is O=COC(CCO)(CCO)CCO. The van der Waals surface area contributed by atoms with Crippen molar-refractivity contribution in [1.29, 1.82) is 0 Å². The van der Waals surface area contributed by atoms with Gasteiger partial charge in [0.25, 0.3) is 6.47 Å². The number of carbonyl (C=O) groups is 1. The number of aliphatic hydroxyl groups is 3. The number of carbonyl (C=O) groups excluding carboxylic acids is 1. The van der Waals surface area contributed by atoms with Crippen LogP contribution in [0.3, 0.4) is 0 Å². The topological polar surface area (TPSA) is 87.0 Å². The van der Waals surface area contributed by atoms with Crippen molar-refractivity contribution in [2.45, 2.75) is 24.9 Å². The summed E-state index contributed by atoms with van der Waals surface area (Å²) in [4.78, 5) is 10.2. The van der Waals surface area contributed by atoms with Gasteiger partial charge in [0.15, 0.2) is 0 Å². The summed E-state index contributed by atoms with van der Waals surface area (Å²) in [7, 11) is 0. The second-order valence-electron chi connectivity index (χ2n) is 2.82. The summed E-state index contributed by atoms with van der Waals surface area (Å²) in [5.74, 6) is 0. The Balaban J connectivity index is 4.27. The molecule has 0 saturated carbocycles. The van der Waals surface area contributed by atoms with Gasteiger partial charge in [-0.3, -0.25) is 4.79 Å². The van der Waals surface area contributed by atoms with E-state index in [9.17, 15) is 4.79 Å². The molecule has 0 radical (unpaired) electrons. The normalized spacial score (nSPS) is 11.3. The minimum atomic E-state index is -0.917. The van der Waals surface area contributed by atoms with Crippen molar-refractivity contribution in [2.75, 3.05) is 19.8 Å². The first-order valence-electron chi connectivity index (χ1n) is 4.18. The third-order valence-corrected chi connectivity index (χ3v) is 2.00. The molecule has 0 aliphatic rings. The van der Waals surface area contributed by atoms with Gasteiger partial charge in [-0.1, -0.05) is 0 Å². The third-order valence-electron chi connectivity index (χ3n) is 2.00. The van der Waals surface area contributed by atoms with Gasteiger partial charge in [0.1, 0.15) is 5.60 Å². The quantitative estimate of drug-likeness (QED) is 0.431. The van der Waals surface area contributed by atoms with Crippen LogP contribution in [0.2, 0.25) is 0 Å². The number of rotatable bonds is 8. The van der Waals surface area contributed by atoms with Crippen molar-refractivity contribution in [1.82, 2.24) is 0 Å². The lowest BCUT2D eigenvalue weighted by molar-refractivity contribution is -0.148. The maximum atomic E-state index is 10.2. The maximum absolute atomic E-state index is 10.2. The molecule has 0 rings (SSSR count). The molecular weight excluding hydrogens is 176 g/mol. The Morgan fingerprint density at radius 2 is 1.38 bits per heavy atom. The summed E-state index contributed by atoms with van der Waals surface area (Å²) >= 11 is 0. The van der Waals surface area contributed by atoms with Crippen LogP contribution in [-0.2, 0) is 9.53 Å². The van der Waals surface area contributed by atoms with E-state index in [0.29, 0.717) is 0 Å². The molecule has 13 heavy (non-hydrogen) atoms. The van der Waals surface area contributed by atoms with E-state index in [1.807, 2.05) is 0 Å². The summed E-state index contributed by atoms with van der Waals surface area (Å²) in [6.07, 6.45) is 0.687. The lowest BCUT2D eigenvalue weighted by Crippen LogP contribution is -2.35. The molecule has 0 amide bonds. The van der Waals surface area contributed by atoms with Crippen molar-refractivity contribution >= 4 is 6.47 Å². The molecule has 78 valence electrons. The van der Waals surface area contributed by atoms with Gasteiger partial charge in [0.2, 0.25) is 0 Å². The van der Waals surface area contributed by atoms with E-state index >= 15 is 0 Å². The van der Waals surface area contributed by atoms with Crippen molar-refractivity contribution in [3.63, 3.8) is 0 Å². The zero-order valence-electron chi connectivity index (χ0n) is 7.48. The highest BCUT2D eigenvalue weighted by atomic mass is 16.5. The largest absolute Gasteiger partial charge is 0.461 e. The van der Waals surface area contributed by atoms with Crippen molar-refractivity contribution < 1.29 is 24.9 Å². The van der Waals surface area contributed by atoms with E-state index in [-0.39, 0.29) is 45.6 Å². The smallest absolute Gasteiger partial charge is 0.293 e. The molecule has 5 nitrogen and oxygen atoms in total. The van der Waals surface area contributed by atoms with E-state index in [0.717, 1.165) is 0 Å². The van der Waals surface area contributed by atoms with Crippen LogP contribution in [0.4, 0.5) is 0 Å². The Morgan fingerprint density at radius 3 is 1.62 bits per heavy atom. The van der Waals surface area contributed by atoms with Crippen LogP contribution in [0.1, 0.15) is 19.3 Å². The molecular formula is C8H16O5. The molecule has 0 aromatic rings. The first kappa shape index (κ1) is 12.3. The van der Waals surface area contributed by atoms with Gasteiger partial charge in [-0.15, -0.1) is 0 Å². The van der Waals surface area contributed by atoms with Gasteiger partial charge in [-0.25, -0.2) is 0 Å². The highest BCUT2D eigenvalue weighted by Gasteiger charge is 2.30. The van der Waals surface area contributed by atoms with E-state index < -0.39 is 5.60 Å². The highest BCUT2D eigenvalue weighted by molar-refractivity contribution is 5.38. The van der Waals surface area contributed by atoms with E-state index in [2.05, 4.69) is 0 Å². The second-order valence-corrected chi connectivity index (χ2v) is 2.82. The number of aliphatic hydroxyl groups excluding tert-OH is 3. The van der Waals surface area contributed by atoms with Crippen LogP contribution in [0.15, 0.2) is 0 Å². The van der Waals surface area contributed by atoms with Crippen LogP contribution in [0, 0.1) is 0 Å². The standard InChI is InChI=1S/C8H16O5/c9-4-1-8(2-5-10,3-6-11)13-7-12/h7,9-11H,1-6H2. The first-order chi connectivity index (χ1) is 6.24. The van der Waals surface area contributed by atoms with Gasteiger partial charge in [0.05, 0.1) is 0 Å². The zero-order valence-corrected chi connectivity index (χ0v) is 7.48. The molecule has 0 bridgehead atoms. The number of hydrogen-bond donors (Lipinski definition) is 3. The van der Waals surface area contributed by atoms with Gasteiger partial charge < -0.3 is 20.1 Å². The molecule has 3 N–H and O–H groups in total. The molecule has 0 saturated heterocycles. The highest BCUT2D eigenvalue weighted by Crippen LogP contribution is 2.23. The Kier molecular flexibility index (Phi) is 6.48. The molecule has 0 aliphatic carbocycles. The van der Waals surface area contributed by atoms with Gasteiger partial charge in [0, 0.05) is 39.1 Å². The minimum absolute atomic E-state index is 0.145. The zero-order chi connectivity index (χ0) is 10.2. The van der Waals surface area contributed by atoms with Crippen LogP contribution < -0.4 is 0 Å². The average molecular weight is 192 g/mol. The van der Waals surface area contributed by atoms with Gasteiger partial charge in [-0.2, -0.15) is 0 Å². The predicted octanol–water partition coefficient (Wildman–Crippen LogP) is -0.955. The lowest BCUT2D eigenvalue weighted by Gasteiger charge is -2.30. The van der Waals surface area contributed by atoms with Crippen molar-refractivity contribution in [3.05, 3.63) is 0 Å². The Labute approximate surface area is 77.0 Å². The summed E-state index contributed by atoms with van der Waals surface area (Å²) < 4.78 is 4.79. The fourth-order valence-corrected chi connectivity index (χ4v) is 1.27. The summed E-state index contributed by atoms with van der Waals surface area (Å²) in [6, 6.07) is 0. The fraction of sp³-hybridized carbons (Fsp3) is 0.875. The van der Waals surface area contributed by atoms with Crippen LogP contribution in [0.5, 0.6) is 0 Å². The molecule has 0 unspecified atom stereocenters. The molecule has 0 aromatic carbocycles. The Bertz CT molecular complexity index is 119. The third kappa shape index (κ3) is 4.21. The predicted molar refractivity (Wildman–Crippen MR) is 45.0 cm³/mol. The molecule has 0 aliphatic heterocycles. The van der Waals surface area contributed by atoms with E-state index in [1.54, 1.807) is 0 Å². The van der Waals surface area contributed by atoms with E-state index in [4.69, 9.17) is 20.1 Å². The summed E-state index contributed by atoms with van der Waals surface area (Å²) in [5.41, 5.74) is -0.917. The number of hydrogen-bond acceptors (Lipinski definition) is 5. The average Bonchev–Trinajstić information content (AvgIpc) is 2.06. The molecule has 0 heterocycles. The maximum Gasteiger partial charge on any atom is 0.293 e. The molecule has 0 aromatic heterocycles. The van der Waals surface area contributed by atoms with E-state index in [1.165, 1.54) is 0 Å². The molecule has 0 fully saturated rings. The Morgan fingerprint density at radius 1 is 1.00 bits per heavy atom.